The first kappa shape index (κ1) is 25.0. The number of aromatic nitrogens is 2. The molecule has 1 heterocycles. The highest BCUT2D eigenvalue weighted by atomic mass is 35.5. The zero-order chi connectivity index (χ0) is 25.9. The molecule has 2 N–H and O–H groups in total. The van der Waals surface area contributed by atoms with E-state index in [4.69, 9.17) is 16.3 Å². The lowest BCUT2D eigenvalue weighted by Crippen LogP contribution is -2.39. The highest BCUT2D eigenvalue weighted by Crippen LogP contribution is 2.43. The predicted molar refractivity (Wildman–Crippen MR) is 144 cm³/mol. The molecule has 0 spiro atoms. The van der Waals surface area contributed by atoms with Gasteiger partial charge in [-0.1, -0.05) is 59.3 Å². The number of benzene rings is 3. The summed E-state index contributed by atoms with van der Waals surface area (Å²) in [6.45, 7) is 4.11. The molecule has 190 valence electrons. The fourth-order valence-corrected chi connectivity index (χ4v) is 4.77. The van der Waals surface area contributed by atoms with Crippen LogP contribution in [0.3, 0.4) is 0 Å². The summed E-state index contributed by atoms with van der Waals surface area (Å²) in [6.07, 6.45) is 2.54. The molecule has 1 aliphatic rings. The summed E-state index contributed by atoms with van der Waals surface area (Å²) in [5.74, 6) is 0.279. The van der Waals surface area contributed by atoms with Crippen LogP contribution in [0.4, 0.5) is 4.39 Å². The second-order valence-corrected chi connectivity index (χ2v) is 9.82. The van der Waals surface area contributed by atoms with Crippen LogP contribution in [-0.2, 0) is 6.42 Å². The second-order valence-electron chi connectivity index (χ2n) is 9.51. The molecule has 0 radical (unpaired) electrons. The number of nitrogens with one attached hydrogen (secondary N) is 1. The van der Waals surface area contributed by atoms with E-state index in [2.05, 4.69) is 52.7 Å². The minimum atomic E-state index is -0.408. The van der Waals surface area contributed by atoms with Gasteiger partial charge in [-0.2, -0.15) is 0 Å². The molecule has 6 nitrogen and oxygen atoms in total. The Balaban J connectivity index is 1.51. The number of hydrogen-bond acceptors (Lipinski definition) is 5. The second kappa shape index (κ2) is 10.7. The first-order chi connectivity index (χ1) is 18.0. The Hall–Kier alpha value is -3.71. The zero-order valence-corrected chi connectivity index (χ0v) is 21.5. The van der Waals surface area contributed by atoms with Crippen molar-refractivity contribution in [2.75, 3.05) is 5.88 Å². The monoisotopic (exact) mass is 518 g/mol. The molecule has 4 aromatic rings. The van der Waals surface area contributed by atoms with Crippen LogP contribution in [-0.4, -0.2) is 33.2 Å². The minimum Gasteiger partial charge on any atom is -0.434 e. The maximum atomic E-state index is 15.3. The van der Waals surface area contributed by atoms with Gasteiger partial charge in [-0.05, 0) is 67.9 Å². The smallest absolute Gasteiger partial charge is 0.250 e. The molecule has 3 aromatic carbocycles. The number of ether oxygens (including phenoxy) is 1. The van der Waals surface area contributed by atoms with Crippen LogP contribution in [0.2, 0.25) is 0 Å². The van der Waals surface area contributed by atoms with Crippen molar-refractivity contribution in [1.29, 1.82) is 0 Å². The van der Waals surface area contributed by atoms with Gasteiger partial charge in [0.15, 0.2) is 17.4 Å². The lowest BCUT2D eigenvalue weighted by molar-refractivity contribution is 0.315. The van der Waals surface area contributed by atoms with Crippen molar-refractivity contribution < 1.29 is 14.3 Å². The summed E-state index contributed by atoms with van der Waals surface area (Å²) >= 11 is 6.34. The van der Waals surface area contributed by atoms with Crippen molar-refractivity contribution in [2.45, 2.75) is 45.1 Å². The van der Waals surface area contributed by atoms with E-state index in [1.807, 2.05) is 18.2 Å². The first-order valence-electron chi connectivity index (χ1n) is 12.3. The molecule has 1 fully saturated rings. The van der Waals surface area contributed by atoms with Gasteiger partial charge in [0.05, 0.1) is 11.1 Å². The molecule has 1 aromatic heterocycles. The molecule has 1 saturated carbocycles. The highest BCUT2D eigenvalue weighted by molar-refractivity contribution is 6.18. The van der Waals surface area contributed by atoms with Gasteiger partial charge in [0.25, 0.3) is 5.88 Å². The van der Waals surface area contributed by atoms with Gasteiger partial charge in [0, 0.05) is 17.3 Å². The lowest BCUT2D eigenvalue weighted by atomic mass is 9.99. The molecular weight excluding hydrogens is 491 g/mol. The fourth-order valence-electron chi connectivity index (χ4n) is 4.59. The number of fused-ring (bicyclic) bond motifs is 1. The maximum Gasteiger partial charge on any atom is 0.250 e. The fraction of sp³-hybridized carbons (Fsp3) is 0.276. The Morgan fingerprint density at radius 2 is 1.95 bits per heavy atom. The number of rotatable bonds is 8. The van der Waals surface area contributed by atoms with Gasteiger partial charge in [0.2, 0.25) is 0 Å². The largest absolute Gasteiger partial charge is 0.434 e. The van der Waals surface area contributed by atoms with E-state index in [1.165, 1.54) is 5.56 Å². The Labute approximate surface area is 220 Å². The molecular formula is C29H28ClFN4O2. The number of aryl methyl sites for hydroxylation is 2. The molecule has 1 atom stereocenters. The van der Waals surface area contributed by atoms with Crippen LogP contribution >= 0.6 is 11.6 Å². The Kier molecular flexibility index (Phi) is 7.24. The Morgan fingerprint density at radius 3 is 2.68 bits per heavy atom. The standard InChI is InChI=1S/C29H28ClFN4O2/c1-17-10-11-20(18(2)14-17)15-21(16-30)32-28(35-36)26-23-6-3-4-8-24(23)33-34-29(26)37-25-9-5-7-22(27(25)31)19-12-13-19/h3-11,14,19,21,36H,12-13,15-16H2,1-2H3,(H,32,35)/t21-/m1/s1. The van der Waals surface area contributed by atoms with Crippen LogP contribution in [0, 0.1) is 19.7 Å². The zero-order valence-electron chi connectivity index (χ0n) is 20.7. The third kappa shape index (κ3) is 5.37. The topological polar surface area (TPSA) is 79.6 Å². The average molecular weight is 519 g/mol. The van der Waals surface area contributed by atoms with Crippen molar-refractivity contribution in [3.8, 4) is 11.6 Å². The van der Waals surface area contributed by atoms with Crippen molar-refractivity contribution in [3.05, 3.63) is 94.3 Å². The molecule has 0 aliphatic heterocycles. The van der Waals surface area contributed by atoms with Gasteiger partial charge in [-0.25, -0.2) is 4.39 Å². The summed E-state index contributed by atoms with van der Waals surface area (Å²) in [5.41, 5.74) is 5.07. The van der Waals surface area contributed by atoms with E-state index >= 15 is 4.39 Å². The van der Waals surface area contributed by atoms with E-state index in [1.54, 1.807) is 24.3 Å². The Bertz CT molecular complexity index is 1470. The number of hydrogen-bond donors (Lipinski definition) is 2. The Morgan fingerprint density at radius 1 is 1.14 bits per heavy atom. The van der Waals surface area contributed by atoms with Crippen LogP contribution in [0.15, 0.2) is 65.8 Å². The van der Waals surface area contributed by atoms with Crippen LogP contribution < -0.4 is 10.1 Å². The molecule has 0 unspecified atom stereocenters. The summed E-state index contributed by atoms with van der Waals surface area (Å²) in [4.78, 5) is 0. The van der Waals surface area contributed by atoms with Gasteiger partial charge < -0.3 is 15.3 Å². The minimum absolute atomic E-state index is 0.0330. The summed E-state index contributed by atoms with van der Waals surface area (Å²) in [5, 5.41) is 26.1. The normalized spacial score (nSPS) is 14.5. The van der Waals surface area contributed by atoms with Crippen LogP contribution in [0.1, 0.15) is 46.6 Å². The molecule has 5 rings (SSSR count). The molecule has 0 saturated heterocycles. The van der Waals surface area contributed by atoms with E-state index in [9.17, 15) is 5.21 Å². The van der Waals surface area contributed by atoms with E-state index < -0.39 is 5.82 Å². The third-order valence-electron chi connectivity index (χ3n) is 6.68. The number of halogens is 2. The quantitative estimate of drug-likeness (QED) is 0.0899. The van der Waals surface area contributed by atoms with Crippen molar-refractivity contribution in [3.63, 3.8) is 0 Å². The SMILES string of the molecule is Cc1ccc(C[C@H](CCl)N/C(=N\O)c2c(Oc3cccc(C4CC4)c3F)nnc3ccccc23)c(C)c1. The van der Waals surface area contributed by atoms with Gasteiger partial charge in [0.1, 0.15) is 0 Å². The van der Waals surface area contributed by atoms with Gasteiger partial charge in [-0.3, -0.25) is 0 Å². The number of oxime groups is 1. The molecule has 0 amide bonds. The summed E-state index contributed by atoms with van der Waals surface area (Å²) < 4.78 is 21.3. The highest BCUT2D eigenvalue weighted by Gasteiger charge is 2.29. The van der Waals surface area contributed by atoms with Gasteiger partial charge in [-0.15, -0.1) is 21.8 Å². The maximum absolute atomic E-state index is 15.3. The molecule has 0 bridgehead atoms. The predicted octanol–water partition coefficient (Wildman–Crippen LogP) is 6.63. The third-order valence-corrected chi connectivity index (χ3v) is 7.05. The van der Waals surface area contributed by atoms with E-state index in [-0.39, 0.29) is 35.3 Å². The molecule has 8 heteroatoms. The van der Waals surface area contributed by atoms with Crippen molar-refractivity contribution in [2.24, 2.45) is 5.16 Å². The summed E-state index contributed by atoms with van der Waals surface area (Å²) in [6, 6.07) is 18.4. The van der Waals surface area contributed by atoms with Crippen LogP contribution in [0.25, 0.3) is 10.9 Å². The van der Waals surface area contributed by atoms with E-state index in [0.29, 0.717) is 28.5 Å². The average Bonchev–Trinajstić information content (AvgIpc) is 3.75. The number of nitrogens with zero attached hydrogens (tertiary/aromatic N) is 3. The molecule has 37 heavy (non-hydrogen) atoms. The first-order valence-corrected chi connectivity index (χ1v) is 12.8. The van der Waals surface area contributed by atoms with Gasteiger partial charge >= 0.3 is 0 Å². The lowest BCUT2D eigenvalue weighted by Gasteiger charge is -2.21. The summed E-state index contributed by atoms with van der Waals surface area (Å²) in [7, 11) is 0. The molecule has 1 aliphatic carbocycles. The van der Waals surface area contributed by atoms with E-state index in [0.717, 1.165) is 24.0 Å². The van der Waals surface area contributed by atoms with Crippen LogP contribution in [0.5, 0.6) is 11.6 Å². The number of alkyl halides is 1. The number of amidine groups is 1. The van der Waals surface area contributed by atoms with Crippen molar-refractivity contribution in [1.82, 2.24) is 15.5 Å². The van der Waals surface area contributed by atoms with Crippen molar-refractivity contribution >= 4 is 28.3 Å².